The van der Waals surface area contributed by atoms with Crippen molar-refractivity contribution in [3.05, 3.63) is 53.3 Å². The number of carbonyl (C=O) groups is 2. The van der Waals surface area contributed by atoms with Crippen molar-refractivity contribution in [2.75, 3.05) is 12.1 Å². The van der Waals surface area contributed by atoms with Crippen molar-refractivity contribution in [3.63, 3.8) is 0 Å². The molecule has 140 valence electrons. The molecule has 1 N–H and O–H groups in total. The lowest BCUT2D eigenvalue weighted by Gasteiger charge is -2.24. The quantitative estimate of drug-likeness (QED) is 0.898. The van der Waals surface area contributed by atoms with Gasteiger partial charge in [-0.2, -0.15) is 0 Å². The third-order valence-electron chi connectivity index (χ3n) is 4.86. The Morgan fingerprint density at radius 1 is 1.22 bits per heavy atom. The van der Waals surface area contributed by atoms with Gasteiger partial charge in [0.05, 0.1) is 0 Å². The fourth-order valence-corrected chi connectivity index (χ4v) is 3.34. The molecule has 1 unspecified atom stereocenters. The van der Waals surface area contributed by atoms with Gasteiger partial charge in [-0.25, -0.2) is 4.39 Å². The number of amides is 2. The summed E-state index contributed by atoms with van der Waals surface area (Å²) < 4.78 is 24.4. The third kappa shape index (κ3) is 3.45. The van der Waals surface area contributed by atoms with Crippen molar-refractivity contribution in [2.24, 2.45) is 0 Å². The molecule has 2 heterocycles. The Hall–Kier alpha value is -3.09. The van der Waals surface area contributed by atoms with Gasteiger partial charge in [-0.05, 0) is 48.7 Å². The highest BCUT2D eigenvalue weighted by Gasteiger charge is 2.36. The molecule has 0 spiro atoms. The van der Waals surface area contributed by atoms with E-state index in [9.17, 15) is 14.0 Å². The highest BCUT2D eigenvalue weighted by molar-refractivity contribution is 5.99. The molecular weight excluding hydrogens is 351 g/mol. The van der Waals surface area contributed by atoms with E-state index < -0.39 is 6.04 Å². The molecule has 1 fully saturated rings. The average molecular weight is 370 g/mol. The van der Waals surface area contributed by atoms with E-state index in [1.54, 1.807) is 30.0 Å². The van der Waals surface area contributed by atoms with Crippen LogP contribution in [0.1, 0.15) is 24.0 Å². The van der Waals surface area contributed by atoms with Crippen molar-refractivity contribution in [1.82, 2.24) is 4.90 Å². The minimum Gasteiger partial charge on any atom is -0.454 e. The summed E-state index contributed by atoms with van der Waals surface area (Å²) >= 11 is 0. The van der Waals surface area contributed by atoms with Gasteiger partial charge in [0.2, 0.25) is 18.6 Å². The lowest BCUT2D eigenvalue weighted by molar-refractivity contribution is -0.133. The first-order chi connectivity index (χ1) is 13.0. The Morgan fingerprint density at radius 2 is 2.04 bits per heavy atom. The van der Waals surface area contributed by atoms with Crippen LogP contribution >= 0.6 is 0 Å². The maximum atomic E-state index is 13.7. The van der Waals surface area contributed by atoms with Crippen molar-refractivity contribution in [2.45, 2.75) is 32.4 Å². The maximum Gasteiger partial charge on any atom is 0.247 e. The van der Waals surface area contributed by atoms with Gasteiger partial charge in [-0.15, -0.1) is 0 Å². The van der Waals surface area contributed by atoms with E-state index in [-0.39, 0.29) is 24.4 Å². The molecule has 6 nitrogen and oxygen atoms in total. The van der Waals surface area contributed by atoms with E-state index in [4.69, 9.17) is 9.47 Å². The minimum absolute atomic E-state index is 0.0806. The first-order valence-corrected chi connectivity index (χ1v) is 8.76. The monoisotopic (exact) mass is 370 g/mol. The summed E-state index contributed by atoms with van der Waals surface area (Å²) in [5.74, 6) is 0.526. The second-order valence-corrected chi connectivity index (χ2v) is 6.72. The fraction of sp³-hybridized carbons (Fsp3) is 0.300. The highest BCUT2D eigenvalue weighted by atomic mass is 19.1. The molecule has 2 amide bonds. The molecule has 0 radical (unpaired) electrons. The summed E-state index contributed by atoms with van der Waals surface area (Å²) in [6, 6.07) is 9.41. The van der Waals surface area contributed by atoms with Crippen LogP contribution < -0.4 is 14.8 Å². The smallest absolute Gasteiger partial charge is 0.247 e. The van der Waals surface area contributed by atoms with E-state index >= 15 is 0 Å². The molecule has 2 aliphatic heterocycles. The van der Waals surface area contributed by atoms with Gasteiger partial charge in [0.15, 0.2) is 11.5 Å². The van der Waals surface area contributed by atoms with E-state index in [0.29, 0.717) is 42.1 Å². The van der Waals surface area contributed by atoms with Gasteiger partial charge in [-0.3, -0.25) is 9.59 Å². The van der Waals surface area contributed by atoms with Crippen LogP contribution in [-0.4, -0.2) is 29.5 Å². The molecule has 0 bridgehead atoms. The summed E-state index contributed by atoms with van der Waals surface area (Å²) in [6.07, 6.45) is 0.745. The molecule has 4 rings (SSSR count). The van der Waals surface area contributed by atoms with Crippen LogP contribution in [0.5, 0.6) is 11.5 Å². The van der Waals surface area contributed by atoms with Gasteiger partial charge >= 0.3 is 0 Å². The minimum atomic E-state index is -0.590. The molecule has 0 saturated carbocycles. The van der Waals surface area contributed by atoms with E-state index in [1.807, 2.05) is 12.1 Å². The third-order valence-corrected chi connectivity index (χ3v) is 4.86. The van der Waals surface area contributed by atoms with Crippen molar-refractivity contribution >= 4 is 17.5 Å². The van der Waals surface area contributed by atoms with Crippen LogP contribution in [0.4, 0.5) is 10.1 Å². The first-order valence-electron chi connectivity index (χ1n) is 8.76. The molecule has 1 atom stereocenters. The topological polar surface area (TPSA) is 67.9 Å². The molecular formula is C20H19FN2O4. The number of halogens is 1. The second kappa shape index (κ2) is 6.90. The molecule has 0 aliphatic carbocycles. The van der Waals surface area contributed by atoms with E-state index in [1.165, 1.54) is 6.07 Å². The van der Waals surface area contributed by atoms with Crippen LogP contribution in [0.15, 0.2) is 36.4 Å². The van der Waals surface area contributed by atoms with Gasteiger partial charge in [0.25, 0.3) is 0 Å². The lowest BCUT2D eigenvalue weighted by atomic mass is 10.1. The Kier molecular flexibility index (Phi) is 4.43. The number of nitrogens with one attached hydrogen (secondary N) is 1. The predicted molar refractivity (Wildman–Crippen MR) is 95.9 cm³/mol. The predicted octanol–water partition coefficient (Wildman–Crippen LogP) is 2.99. The molecule has 2 aromatic rings. The summed E-state index contributed by atoms with van der Waals surface area (Å²) in [5.41, 5.74) is 1.74. The van der Waals surface area contributed by atoms with E-state index in [2.05, 4.69) is 5.32 Å². The zero-order chi connectivity index (χ0) is 19.0. The van der Waals surface area contributed by atoms with Crippen LogP contribution in [0, 0.1) is 12.7 Å². The number of ether oxygens (including phenoxy) is 2. The van der Waals surface area contributed by atoms with Crippen molar-refractivity contribution in [1.29, 1.82) is 0 Å². The summed E-state index contributed by atoms with van der Waals surface area (Å²) in [7, 11) is 0. The zero-order valence-electron chi connectivity index (χ0n) is 14.8. The molecule has 2 aromatic carbocycles. The number of rotatable bonds is 4. The number of carbonyl (C=O) groups excluding carboxylic acids is 2. The molecule has 7 heteroatoms. The van der Waals surface area contributed by atoms with Gasteiger partial charge in [0.1, 0.15) is 11.9 Å². The van der Waals surface area contributed by atoms with E-state index in [0.717, 1.165) is 5.56 Å². The van der Waals surface area contributed by atoms with Gasteiger partial charge in [0, 0.05) is 18.7 Å². The van der Waals surface area contributed by atoms with Crippen molar-refractivity contribution in [3.8, 4) is 11.5 Å². The number of benzene rings is 2. The van der Waals surface area contributed by atoms with Crippen LogP contribution in [-0.2, 0) is 16.1 Å². The van der Waals surface area contributed by atoms with Gasteiger partial charge in [-0.1, -0.05) is 12.1 Å². The largest absolute Gasteiger partial charge is 0.454 e. The SMILES string of the molecule is Cc1ccc(NC(=O)C2CCC(=O)N2Cc2ccc3c(c2)OCO3)cc1F. The molecule has 1 saturated heterocycles. The number of aryl methyl sites for hydroxylation is 1. The number of anilines is 1. The summed E-state index contributed by atoms with van der Waals surface area (Å²) in [4.78, 5) is 26.5. The zero-order valence-corrected chi connectivity index (χ0v) is 14.8. The number of likely N-dealkylation sites (tertiary alicyclic amines) is 1. The van der Waals surface area contributed by atoms with Crippen molar-refractivity contribution < 1.29 is 23.5 Å². The lowest BCUT2D eigenvalue weighted by Crippen LogP contribution is -2.41. The Bertz CT molecular complexity index is 915. The standard InChI is InChI=1S/C20H19FN2O4/c1-12-2-4-14(9-15(12)21)22-20(25)16-5-7-19(24)23(16)10-13-3-6-17-18(8-13)27-11-26-17/h2-4,6,8-9,16H,5,7,10-11H2,1H3,(H,22,25). The first kappa shape index (κ1) is 17.3. The number of nitrogens with zero attached hydrogens (tertiary/aromatic N) is 1. The summed E-state index contributed by atoms with van der Waals surface area (Å²) in [6.45, 7) is 2.14. The van der Waals surface area contributed by atoms with Crippen LogP contribution in [0.2, 0.25) is 0 Å². The summed E-state index contributed by atoms with van der Waals surface area (Å²) in [5, 5.41) is 2.71. The molecule has 0 aromatic heterocycles. The number of fused-ring (bicyclic) bond motifs is 1. The second-order valence-electron chi connectivity index (χ2n) is 6.72. The highest BCUT2D eigenvalue weighted by Crippen LogP contribution is 2.33. The average Bonchev–Trinajstić information content (AvgIpc) is 3.25. The Labute approximate surface area is 155 Å². The normalized spacial score (nSPS) is 18.1. The number of hydrogen-bond donors (Lipinski definition) is 1. The molecule has 2 aliphatic rings. The van der Waals surface area contributed by atoms with Crippen LogP contribution in [0.25, 0.3) is 0 Å². The van der Waals surface area contributed by atoms with Gasteiger partial charge < -0.3 is 19.7 Å². The fourth-order valence-electron chi connectivity index (χ4n) is 3.34. The Morgan fingerprint density at radius 3 is 2.85 bits per heavy atom. The maximum absolute atomic E-state index is 13.7. The Balaban J connectivity index is 1.49. The molecule has 27 heavy (non-hydrogen) atoms. The van der Waals surface area contributed by atoms with Crippen LogP contribution in [0.3, 0.4) is 0 Å². The number of hydrogen-bond acceptors (Lipinski definition) is 4.